The zero-order valence-corrected chi connectivity index (χ0v) is 18.2. The lowest BCUT2D eigenvalue weighted by Gasteiger charge is -2.22. The first-order chi connectivity index (χ1) is 13.2. The molecule has 5 nitrogen and oxygen atoms in total. The molecule has 4 rings (SSSR count). The number of piperidine rings is 1. The smallest absolute Gasteiger partial charge is 0.251 e. The van der Waals surface area contributed by atoms with Crippen LogP contribution in [0.3, 0.4) is 0 Å². The molecule has 1 fully saturated rings. The molecule has 156 valence electrons. The van der Waals surface area contributed by atoms with Crippen molar-refractivity contribution < 1.29 is 4.79 Å². The van der Waals surface area contributed by atoms with Gasteiger partial charge in [-0.2, -0.15) is 0 Å². The van der Waals surface area contributed by atoms with E-state index in [9.17, 15) is 4.79 Å². The van der Waals surface area contributed by atoms with Gasteiger partial charge in [0.25, 0.3) is 5.91 Å². The lowest BCUT2D eigenvalue weighted by molar-refractivity contribution is 0.0951. The number of hydrogen-bond acceptors (Lipinski definition) is 3. The summed E-state index contributed by atoms with van der Waals surface area (Å²) in [6.45, 7) is 4.90. The molecule has 1 atom stereocenters. The highest BCUT2D eigenvalue weighted by Gasteiger charge is 2.15. The number of nitrogens with one attached hydrogen (secondary N) is 2. The topological polar surface area (TPSA) is 59.0 Å². The number of carbonyl (C=O) groups excluding carboxylic acids is 1. The highest BCUT2D eigenvalue weighted by Crippen LogP contribution is 2.22. The Morgan fingerprint density at radius 1 is 1.21 bits per heavy atom. The van der Waals surface area contributed by atoms with Gasteiger partial charge in [-0.05, 0) is 75.5 Å². The zero-order valence-electron chi connectivity index (χ0n) is 16.6. The molecule has 1 aromatic heterocycles. The van der Waals surface area contributed by atoms with E-state index in [1.807, 2.05) is 43.3 Å². The monoisotopic (exact) mass is 434 g/mol. The average Bonchev–Trinajstić information content (AvgIpc) is 3.04. The van der Waals surface area contributed by atoms with Crippen LogP contribution in [0.15, 0.2) is 48.5 Å². The first kappa shape index (κ1) is 23.2. The lowest BCUT2D eigenvalue weighted by Crippen LogP contribution is -2.33. The molecular formula is C22H28Cl2N4O. The Kier molecular flexibility index (Phi) is 8.50. The summed E-state index contributed by atoms with van der Waals surface area (Å²) in [5.74, 6) is 1.57. The van der Waals surface area contributed by atoms with Crippen LogP contribution in [-0.2, 0) is 0 Å². The second kappa shape index (κ2) is 10.6. The molecular weight excluding hydrogens is 407 g/mol. The second-order valence-corrected chi connectivity index (χ2v) is 7.29. The van der Waals surface area contributed by atoms with Gasteiger partial charge in [0.05, 0.1) is 11.0 Å². The Bertz CT molecular complexity index is 937. The highest BCUT2D eigenvalue weighted by atomic mass is 35.5. The standard InChI is InChI=1S/C22H26N4O.2ClH/c1-16-25-20-14-18(22(27)24-13-11-17-6-5-12-23-15-17)9-10-21(20)26(16)19-7-3-2-4-8-19;;/h2-4,7-10,14,17,23H,5-6,11-13,15H2,1H3,(H,24,27);2*1H. The summed E-state index contributed by atoms with van der Waals surface area (Å²) in [6, 6.07) is 15.9. The summed E-state index contributed by atoms with van der Waals surface area (Å²) in [5.41, 5.74) is 3.61. The third-order valence-corrected chi connectivity index (χ3v) is 5.34. The third kappa shape index (κ3) is 5.30. The van der Waals surface area contributed by atoms with Crippen molar-refractivity contribution in [3.8, 4) is 5.69 Å². The van der Waals surface area contributed by atoms with Gasteiger partial charge >= 0.3 is 0 Å². The number of nitrogens with zero attached hydrogens (tertiary/aromatic N) is 2. The Morgan fingerprint density at radius 2 is 2.00 bits per heavy atom. The molecule has 29 heavy (non-hydrogen) atoms. The van der Waals surface area contributed by atoms with Crippen LogP contribution in [0.2, 0.25) is 0 Å². The Morgan fingerprint density at radius 3 is 2.72 bits per heavy atom. The molecule has 1 unspecified atom stereocenters. The van der Waals surface area contributed by atoms with Crippen molar-refractivity contribution in [2.45, 2.75) is 26.2 Å². The van der Waals surface area contributed by atoms with E-state index < -0.39 is 0 Å². The number of hydrogen-bond donors (Lipinski definition) is 2. The number of amides is 1. The fourth-order valence-electron chi connectivity index (χ4n) is 3.91. The Hall–Kier alpha value is -2.08. The first-order valence-electron chi connectivity index (χ1n) is 9.76. The molecule has 1 aliphatic heterocycles. The number of aromatic nitrogens is 2. The number of carbonyl (C=O) groups is 1. The number of imidazole rings is 1. The van der Waals surface area contributed by atoms with Crippen molar-refractivity contribution in [3.05, 3.63) is 59.9 Å². The molecule has 0 spiro atoms. The number of halogens is 2. The van der Waals surface area contributed by atoms with Crippen LogP contribution < -0.4 is 10.6 Å². The van der Waals surface area contributed by atoms with Gasteiger partial charge in [-0.1, -0.05) is 18.2 Å². The molecule has 1 saturated heterocycles. The molecule has 7 heteroatoms. The SMILES string of the molecule is Cc1nc2cc(C(=O)NCCC3CCCNC3)ccc2n1-c1ccccc1.Cl.Cl. The zero-order chi connectivity index (χ0) is 18.6. The fraction of sp³-hybridized carbons (Fsp3) is 0.364. The summed E-state index contributed by atoms with van der Waals surface area (Å²) in [5, 5.41) is 6.49. The van der Waals surface area contributed by atoms with Gasteiger partial charge in [-0.25, -0.2) is 4.98 Å². The van der Waals surface area contributed by atoms with Crippen molar-refractivity contribution in [1.82, 2.24) is 20.2 Å². The van der Waals surface area contributed by atoms with Gasteiger partial charge in [0.15, 0.2) is 0 Å². The van der Waals surface area contributed by atoms with Crippen LogP contribution in [-0.4, -0.2) is 35.1 Å². The van der Waals surface area contributed by atoms with Gasteiger partial charge in [0.1, 0.15) is 5.82 Å². The highest BCUT2D eigenvalue weighted by molar-refractivity contribution is 5.97. The average molecular weight is 435 g/mol. The Balaban J connectivity index is 0.00000150. The minimum atomic E-state index is -0.0208. The molecule has 2 aromatic carbocycles. The molecule has 3 aromatic rings. The van der Waals surface area contributed by atoms with Gasteiger partial charge in [-0.3, -0.25) is 9.36 Å². The van der Waals surface area contributed by atoms with Crippen molar-refractivity contribution in [2.24, 2.45) is 5.92 Å². The molecule has 0 bridgehead atoms. The van der Waals surface area contributed by atoms with E-state index >= 15 is 0 Å². The molecule has 0 radical (unpaired) electrons. The normalized spacial score (nSPS) is 16.0. The first-order valence-corrected chi connectivity index (χ1v) is 9.76. The number of fused-ring (bicyclic) bond motifs is 1. The van der Waals surface area contributed by atoms with E-state index in [1.165, 1.54) is 12.8 Å². The van der Waals surface area contributed by atoms with E-state index in [-0.39, 0.29) is 30.7 Å². The van der Waals surface area contributed by atoms with E-state index in [0.717, 1.165) is 48.6 Å². The van der Waals surface area contributed by atoms with Crippen LogP contribution >= 0.6 is 24.8 Å². The summed E-state index contributed by atoms with van der Waals surface area (Å²) in [7, 11) is 0. The van der Waals surface area contributed by atoms with Gasteiger partial charge in [-0.15, -0.1) is 24.8 Å². The van der Waals surface area contributed by atoms with Gasteiger partial charge in [0.2, 0.25) is 0 Å². The molecule has 1 aliphatic rings. The molecule has 0 saturated carbocycles. The summed E-state index contributed by atoms with van der Waals surface area (Å²) in [4.78, 5) is 17.2. The summed E-state index contributed by atoms with van der Waals surface area (Å²) in [6.07, 6.45) is 3.52. The van der Waals surface area contributed by atoms with Crippen molar-refractivity contribution in [2.75, 3.05) is 19.6 Å². The van der Waals surface area contributed by atoms with Crippen LogP contribution in [0.4, 0.5) is 0 Å². The second-order valence-electron chi connectivity index (χ2n) is 7.29. The van der Waals surface area contributed by atoms with E-state index in [0.29, 0.717) is 11.5 Å². The Labute approximate surface area is 184 Å². The maximum Gasteiger partial charge on any atom is 0.251 e. The van der Waals surface area contributed by atoms with Gasteiger partial charge in [0, 0.05) is 17.8 Å². The van der Waals surface area contributed by atoms with E-state index in [1.54, 1.807) is 0 Å². The maximum atomic E-state index is 12.5. The molecule has 2 N–H and O–H groups in total. The predicted octanol–water partition coefficient (Wildman–Crippen LogP) is 4.30. The number of aryl methyl sites for hydroxylation is 1. The van der Waals surface area contributed by atoms with Crippen molar-refractivity contribution >= 4 is 41.8 Å². The number of benzene rings is 2. The molecule has 2 heterocycles. The third-order valence-electron chi connectivity index (χ3n) is 5.34. The lowest BCUT2D eigenvalue weighted by atomic mass is 9.96. The predicted molar refractivity (Wildman–Crippen MR) is 123 cm³/mol. The maximum absolute atomic E-state index is 12.5. The largest absolute Gasteiger partial charge is 0.352 e. The molecule has 0 aliphatic carbocycles. The van der Waals surface area contributed by atoms with Crippen LogP contribution in [0.5, 0.6) is 0 Å². The minimum absolute atomic E-state index is 0. The number of para-hydroxylation sites is 1. The van der Waals surface area contributed by atoms with Crippen molar-refractivity contribution in [3.63, 3.8) is 0 Å². The number of rotatable bonds is 5. The van der Waals surface area contributed by atoms with E-state index in [4.69, 9.17) is 0 Å². The summed E-state index contributed by atoms with van der Waals surface area (Å²) >= 11 is 0. The quantitative estimate of drug-likeness (QED) is 0.629. The van der Waals surface area contributed by atoms with Crippen molar-refractivity contribution in [1.29, 1.82) is 0 Å². The van der Waals surface area contributed by atoms with Crippen LogP contribution in [0.25, 0.3) is 16.7 Å². The fourth-order valence-corrected chi connectivity index (χ4v) is 3.91. The minimum Gasteiger partial charge on any atom is -0.352 e. The van der Waals surface area contributed by atoms with Gasteiger partial charge < -0.3 is 10.6 Å². The summed E-state index contributed by atoms with van der Waals surface area (Å²) < 4.78 is 2.12. The molecule has 1 amide bonds. The van der Waals surface area contributed by atoms with Crippen LogP contribution in [0.1, 0.15) is 35.4 Å². The van der Waals surface area contributed by atoms with E-state index in [2.05, 4.69) is 32.3 Å². The van der Waals surface area contributed by atoms with Crippen LogP contribution in [0, 0.1) is 12.8 Å².